The van der Waals surface area contributed by atoms with E-state index in [1.807, 2.05) is 0 Å². The van der Waals surface area contributed by atoms with E-state index >= 15 is 0 Å². The first kappa shape index (κ1) is 19.7. The maximum Gasteiger partial charge on any atom is 0.124 e. The summed E-state index contributed by atoms with van der Waals surface area (Å²) in [4.78, 5) is 12.9. The van der Waals surface area contributed by atoms with Gasteiger partial charge < -0.3 is 5.11 Å². The Bertz CT molecular complexity index is 1630. The average molecular weight is 476 g/mol. The van der Waals surface area contributed by atoms with Gasteiger partial charge >= 0.3 is 0 Å². The molecule has 0 unspecified atom stereocenters. The Morgan fingerprint density at radius 3 is 0.919 bits per heavy atom. The summed E-state index contributed by atoms with van der Waals surface area (Å²) < 4.78 is 0. The van der Waals surface area contributed by atoms with Crippen LogP contribution in [0, 0.1) is 4.91 Å². The molecule has 4 bridgehead atoms. The van der Waals surface area contributed by atoms with Gasteiger partial charge in [0.05, 0.1) is 0 Å². The Hall–Kier alpha value is -4.50. The molecule has 0 spiro atoms. The highest BCUT2D eigenvalue weighted by Crippen LogP contribution is 2.67. The van der Waals surface area contributed by atoms with Gasteiger partial charge in [-0.1, -0.05) is 97.1 Å². The van der Waals surface area contributed by atoms with Crippen molar-refractivity contribution in [3.8, 4) is 5.75 Å². The fourth-order valence-electron chi connectivity index (χ4n) is 8.13. The number of rotatable bonds is 1. The highest BCUT2D eigenvalue weighted by molar-refractivity contribution is 5.84. The lowest BCUT2D eigenvalue weighted by Crippen LogP contribution is -2.32. The van der Waals surface area contributed by atoms with Crippen molar-refractivity contribution >= 4 is 5.69 Å². The van der Waals surface area contributed by atoms with Crippen LogP contribution in [0.25, 0.3) is 0 Å². The Balaban J connectivity index is 1.45. The topological polar surface area (TPSA) is 49.7 Å². The number of aromatic hydroxyl groups is 1. The lowest BCUT2D eigenvalue weighted by atomic mass is 9.55. The van der Waals surface area contributed by atoms with Crippen LogP contribution in [0.3, 0.4) is 0 Å². The molecular weight excluding hydrogens is 454 g/mol. The molecule has 0 amide bonds. The fraction of sp³-hybridized carbons (Fsp3) is 0.118. The summed E-state index contributed by atoms with van der Waals surface area (Å²) in [6.45, 7) is 0. The first-order valence-corrected chi connectivity index (χ1v) is 12.9. The SMILES string of the molecule is O=Nc1c2c(c(O)c3c1C1c4ccccc4C3c3ccccc31)C1c3ccccc3C2c2ccccc21. The van der Waals surface area contributed by atoms with Crippen LogP contribution < -0.4 is 0 Å². The summed E-state index contributed by atoms with van der Waals surface area (Å²) >= 11 is 0. The molecule has 0 saturated carbocycles. The second kappa shape index (κ2) is 6.63. The highest BCUT2D eigenvalue weighted by atomic mass is 16.3. The Morgan fingerprint density at radius 2 is 0.676 bits per heavy atom. The van der Waals surface area contributed by atoms with Crippen molar-refractivity contribution in [3.63, 3.8) is 0 Å². The van der Waals surface area contributed by atoms with E-state index in [0.29, 0.717) is 11.4 Å². The molecule has 0 aromatic heterocycles. The second-order valence-electron chi connectivity index (χ2n) is 10.7. The number of benzene rings is 5. The zero-order valence-electron chi connectivity index (χ0n) is 19.8. The maximum atomic E-state index is 12.9. The molecule has 11 rings (SSSR count). The molecule has 0 radical (unpaired) electrons. The number of hydrogen-bond acceptors (Lipinski definition) is 3. The summed E-state index contributed by atoms with van der Waals surface area (Å²) in [5, 5.41) is 16.1. The smallest absolute Gasteiger partial charge is 0.124 e. The molecule has 174 valence electrons. The van der Waals surface area contributed by atoms with E-state index in [0.717, 1.165) is 22.3 Å². The average Bonchev–Trinajstić information content (AvgIpc) is 2.97. The van der Waals surface area contributed by atoms with Crippen LogP contribution >= 0.6 is 0 Å². The molecule has 1 N–H and O–H groups in total. The van der Waals surface area contributed by atoms with Crippen molar-refractivity contribution in [1.82, 2.24) is 0 Å². The standard InChI is InChI=1S/C34H21NO2/c36-34-31-27-21-13-5-1-9-17(21)25(18-10-2-6-14-22(18)27)29(31)33(35-37)30-26-19-11-3-7-15-23(19)28(32(30)34)24-16-8-4-12-20(24)26/h1-16,25-28,36H. The molecule has 0 heterocycles. The van der Waals surface area contributed by atoms with Crippen molar-refractivity contribution in [3.05, 3.63) is 169 Å². The van der Waals surface area contributed by atoms with E-state index in [4.69, 9.17) is 0 Å². The number of nitrogens with zero attached hydrogens (tertiary/aromatic N) is 1. The monoisotopic (exact) mass is 475 g/mol. The van der Waals surface area contributed by atoms with Gasteiger partial charge in [-0.05, 0) is 49.7 Å². The van der Waals surface area contributed by atoms with Gasteiger partial charge in [0.25, 0.3) is 0 Å². The van der Waals surface area contributed by atoms with E-state index in [1.54, 1.807) is 0 Å². The van der Waals surface area contributed by atoms with Gasteiger partial charge in [0.15, 0.2) is 0 Å². The minimum atomic E-state index is -0.123. The van der Waals surface area contributed by atoms with Crippen molar-refractivity contribution in [2.45, 2.75) is 23.7 Å². The third kappa shape index (κ3) is 2.13. The number of nitroso groups, excluding NO2 is 1. The Morgan fingerprint density at radius 1 is 0.432 bits per heavy atom. The molecule has 0 saturated heterocycles. The van der Waals surface area contributed by atoms with Gasteiger partial charge in [-0.25, -0.2) is 0 Å². The largest absolute Gasteiger partial charge is 0.507 e. The molecule has 5 aromatic rings. The van der Waals surface area contributed by atoms with Crippen LogP contribution in [0.1, 0.15) is 90.4 Å². The molecule has 0 fully saturated rings. The van der Waals surface area contributed by atoms with Crippen LogP contribution in [-0.2, 0) is 0 Å². The maximum absolute atomic E-state index is 12.9. The molecule has 3 nitrogen and oxygen atoms in total. The first-order chi connectivity index (χ1) is 18.3. The second-order valence-corrected chi connectivity index (χ2v) is 10.7. The number of phenolic OH excluding ortho intramolecular Hbond substituents is 1. The third-order valence-electron chi connectivity index (χ3n) is 9.32. The van der Waals surface area contributed by atoms with Crippen LogP contribution in [0.4, 0.5) is 5.69 Å². The van der Waals surface area contributed by atoms with E-state index in [-0.39, 0.29) is 23.7 Å². The molecule has 5 aromatic carbocycles. The highest BCUT2D eigenvalue weighted by Gasteiger charge is 2.51. The normalized spacial score (nSPS) is 22.3. The summed E-state index contributed by atoms with van der Waals surface area (Å²) in [5.74, 6) is -0.145. The van der Waals surface area contributed by atoms with Crippen molar-refractivity contribution in [1.29, 1.82) is 0 Å². The number of phenols is 1. The molecule has 0 aliphatic heterocycles. The molecule has 3 heteroatoms. The zero-order valence-corrected chi connectivity index (χ0v) is 19.8. The quantitative estimate of drug-likeness (QED) is 0.247. The van der Waals surface area contributed by atoms with Crippen LogP contribution in [0.15, 0.2) is 102 Å². The van der Waals surface area contributed by atoms with Gasteiger partial charge in [0.1, 0.15) is 11.4 Å². The van der Waals surface area contributed by atoms with E-state index < -0.39 is 0 Å². The van der Waals surface area contributed by atoms with Crippen molar-refractivity contribution in [2.75, 3.05) is 0 Å². The van der Waals surface area contributed by atoms with Crippen LogP contribution in [0.2, 0.25) is 0 Å². The predicted octanol–water partition coefficient (Wildman–Crippen LogP) is 7.76. The zero-order chi connectivity index (χ0) is 24.4. The lowest BCUT2D eigenvalue weighted by molar-refractivity contribution is 0.450. The predicted molar refractivity (Wildman–Crippen MR) is 143 cm³/mol. The van der Waals surface area contributed by atoms with E-state index in [9.17, 15) is 10.0 Å². The minimum Gasteiger partial charge on any atom is -0.507 e. The Kier molecular flexibility index (Phi) is 3.52. The summed E-state index contributed by atoms with van der Waals surface area (Å²) in [5.41, 5.74) is 13.8. The van der Waals surface area contributed by atoms with Gasteiger partial charge in [-0.2, -0.15) is 0 Å². The molecular formula is C34H21NO2. The molecule has 6 aliphatic carbocycles. The van der Waals surface area contributed by atoms with Gasteiger partial charge in [0, 0.05) is 45.9 Å². The van der Waals surface area contributed by atoms with E-state index in [2.05, 4.69) is 102 Å². The summed E-state index contributed by atoms with van der Waals surface area (Å²) in [6, 6.07) is 34.0. The van der Waals surface area contributed by atoms with Gasteiger partial charge in [0.2, 0.25) is 0 Å². The summed E-state index contributed by atoms with van der Waals surface area (Å²) in [6.07, 6.45) is 0. The minimum absolute atomic E-state index is 0.121. The van der Waals surface area contributed by atoms with Gasteiger partial charge in [-0.3, -0.25) is 0 Å². The van der Waals surface area contributed by atoms with Crippen LogP contribution in [-0.4, -0.2) is 5.11 Å². The first-order valence-electron chi connectivity index (χ1n) is 12.9. The van der Waals surface area contributed by atoms with Crippen LogP contribution in [0.5, 0.6) is 5.75 Å². The molecule has 37 heavy (non-hydrogen) atoms. The van der Waals surface area contributed by atoms with Gasteiger partial charge in [-0.15, -0.1) is 4.91 Å². The molecule has 6 aliphatic rings. The van der Waals surface area contributed by atoms with E-state index in [1.165, 1.54) is 44.5 Å². The van der Waals surface area contributed by atoms with Crippen molar-refractivity contribution < 1.29 is 5.11 Å². The molecule has 0 atom stereocenters. The third-order valence-corrected chi connectivity index (χ3v) is 9.32. The number of hydrogen-bond donors (Lipinski definition) is 1. The Labute approximate surface area is 214 Å². The fourth-order valence-corrected chi connectivity index (χ4v) is 8.13. The lowest BCUT2D eigenvalue weighted by Gasteiger charge is -2.47. The van der Waals surface area contributed by atoms with Crippen molar-refractivity contribution in [2.24, 2.45) is 5.18 Å². The summed E-state index contributed by atoms with van der Waals surface area (Å²) in [7, 11) is 0.